The number of nitrogens with zero attached hydrogens (tertiary/aromatic N) is 6. The largest absolute Gasteiger partial charge is 0.383 e. The number of rotatable bonds is 3. The summed E-state index contributed by atoms with van der Waals surface area (Å²) < 4.78 is 1.94. The summed E-state index contributed by atoms with van der Waals surface area (Å²) in [7, 11) is 1.94. The summed E-state index contributed by atoms with van der Waals surface area (Å²) in [6, 6.07) is 9.89. The van der Waals surface area contributed by atoms with Gasteiger partial charge in [0.1, 0.15) is 23.6 Å². The molecule has 1 unspecified atom stereocenters. The third kappa shape index (κ3) is 3.20. The first-order valence-electron chi connectivity index (χ1n) is 10.2. The highest BCUT2D eigenvalue weighted by Crippen LogP contribution is 2.35. The van der Waals surface area contributed by atoms with Crippen molar-refractivity contribution in [3.05, 3.63) is 60.1 Å². The molecule has 8 heteroatoms. The number of nitrogen functional groups attached to an aromatic ring is 1. The Morgan fingerprint density at radius 2 is 1.87 bits per heavy atom. The van der Waals surface area contributed by atoms with Gasteiger partial charge in [-0.3, -0.25) is 4.79 Å². The van der Waals surface area contributed by atoms with Crippen LogP contribution in [0.25, 0.3) is 22.2 Å². The first-order chi connectivity index (χ1) is 14.9. The molecule has 3 aromatic heterocycles. The second-order valence-electron chi connectivity index (χ2n) is 7.97. The normalized spacial score (nSPS) is 16.4. The number of aryl methyl sites for hydroxylation is 3. The van der Waals surface area contributed by atoms with E-state index >= 15 is 0 Å². The molecule has 4 heterocycles. The molecule has 4 aromatic rings. The Hall–Kier alpha value is -3.81. The molecule has 0 spiro atoms. The molecule has 5 rings (SSSR count). The molecule has 1 aromatic carbocycles. The molecule has 31 heavy (non-hydrogen) atoms. The third-order valence-electron chi connectivity index (χ3n) is 5.82. The Balaban J connectivity index is 1.44. The Morgan fingerprint density at radius 1 is 1.10 bits per heavy atom. The molecule has 156 valence electrons. The van der Waals surface area contributed by atoms with Crippen molar-refractivity contribution in [2.45, 2.75) is 26.2 Å². The number of hydrogen-bond acceptors (Lipinski definition) is 6. The van der Waals surface area contributed by atoms with Crippen LogP contribution in [0.5, 0.6) is 0 Å². The highest BCUT2D eigenvalue weighted by atomic mass is 16.2. The first-order valence-corrected chi connectivity index (χ1v) is 10.2. The molecule has 1 aliphatic rings. The summed E-state index contributed by atoms with van der Waals surface area (Å²) >= 11 is 0. The average Bonchev–Trinajstić information content (AvgIpc) is 3.29. The lowest BCUT2D eigenvalue weighted by Gasteiger charge is -2.17. The van der Waals surface area contributed by atoms with E-state index in [2.05, 4.69) is 19.9 Å². The van der Waals surface area contributed by atoms with E-state index in [4.69, 9.17) is 5.73 Å². The van der Waals surface area contributed by atoms with Crippen molar-refractivity contribution >= 4 is 28.4 Å². The number of hydrogen-bond donors (Lipinski definition) is 1. The molecule has 1 fully saturated rings. The predicted octanol–water partition coefficient (Wildman–Crippen LogP) is 3.14. The van der Waals surface area contributed by atoms with Crippen molar-refractivity contribution in [2.75, 3.05) is 17.2 Å². The van der Waals surface area contributed by atoms with Gasteiger partial charge in [0.05, 0.1) is 17.0 Å². The summed E-state index contributed by atoms with van der Waals surface area (Å²) in [5.74, 6) is 1.00. The lowest BCUT2D eigenvalue weighted by atomic mass is 10.0. The standard InChI is InChI=1S/C23H23N7O/c1-13-10-19(28-14(2)27-13)17-8-9-30(23(17)31)16-6-4-15(5-7-16)18-11-29(3)22-20(18)21(24)25-12-26-22/h4-7,10-12,17H,8-9H2,1-3H3,(H2,24,25,26). The second kappa shape index (κ2) is 7.16. The van der Waals surface area contributed by atoms with E-state index < -0.39 is 0 Å². The van der Waals surface area contributed by atoms with Gasteiger partial charge in [-0.1, -0.05) is 12.1 Å². The van der Waals surface area contributed by atoms with E-state index in [-0.39, 0.29) is 11.8 Å². The lowest BCUT2D eigenvalue weighted by Crippen LogP contribution is -2.26. The molecule has 0 radical (unpaired) electrons. The minimum atomic E-state index is -0.227. The molecular formula is C23H23N7O. The second-order valence-corrected chi connectivity index (χ2v) is 7.97. The Bertz CT molecular complexity index is 1290. The molecule has 1 saturated heterocycles. The summed E-state index contributed by atoms with van der Waals surface area (Å²) in [5, 5.41) is 0.838. The molecule has 0 bridgehead atoms. The van der Waals surface area contributed by atoms with E-state index in [1.54, 1.807) is 0 Å². The van der Waals surface area contributed by atoms with Crippen LogP contribution in [0.1, 0.15) is 29.6 Å². The fourth-order valence-electron chi connectivity index (χ4n) is 4.41. The summed E-state index contributed by atoms with van der Waals surface area (Å²) in [4.78, 5) is 32.3. The quantitative estimate of drug-likeness (QED) is 0.553. The number of aromatic nitrogens is 5. The Morgan fingerprint density at radius 3 is 2.61 bits per heavy atom. The number of benzene rings is 1. The summed E-state index contributed by atoms with van der Waals surface area (Å²) in [6.07, 6.45) is 4.22. The predicted molar refractivity (Wildman–Crippen MR) is 120 cm³/mol. The monoisotopic (exact) mass is 413 g/mol. The van der Waals surface area contributed by atoms with Crippen LogP contribution in [-0.4, -0.2) is 37.0 Å². The van der Waals surface area contributed by atoms with Gasteiger partial charge in [0.25, 0.3) is 0 Å². The molecule has 1 aliphatic heterocycles. The van der Waals surface area contributed by atoms with Crippen LogP contribution in [0.15, 0.2) is 42.9 Å². The number of nitrogens with two attached hydrogens (primary N) is 1. The van der Waals surface area contributed by atoms with Crippen molar-refractivity contribution in [3.8, 4) is 11.1 Å². The highest BCUT2D eigenvalue weighted by molar-refractivity contribution is 6.02. The number of amides is 1. The zero-order chi connectivity index (χ0) is 21.7. The highest BCUT2D eigenvalue weighted by Gasteiger charge is 2.35. The fourth-order valence-corrected chi connectivity index (χ4v) is 4.41. The van der Waals surface area contributed by atoms with Crippen molar-refractivity contribution in [1.82, 2.24) is 24.5 Å². The smallest absolute Gasteiger partial charge is 0.236 e. The van der Waals surface area contributed by atoms with Crippen molar-refractivity contribution in [3.63, 3.8) is 0 Å². The number of fused-ring (bicyclic) bond motifs is 1. The number of anilines is 2. The van der Waals surface area contributed by atoms with E-state index in [9.17, 15) is 4.79 Å². The Labute approximate surface area is 179 Å². The molecule has 0 saturated carbocycles. The zero-order valence-corrected chi connectivity index (χ0v) is 17.7. The molecule has 8 nitrogen and oxygen atoms in total. The zero-order valence-electron chi connectivity index (χ0n) is 17.7. The maximum atomic E-state index is 13.1. The maximum Gasteiger partial charge on any atom is 0.236 e. The molecule has 1 amide bonds. The van der Waals surface area contributed by atoms with Gasteiger partial charge in [0, 0.05) is 36.7 Å². The van der Waals surface area contributed by atoms with E-state index in [0.29, 0.717) is 18.2 Å². The molecule has 1 atom stereocenters. The summed E-state index contributed by atoms with van der Waals surface area (Å²) in [6.45, 7) is 4.46. The van der Waals surface area contributed by atoms with Gasteiger partial charge >= 0.3 is 0 Å². The van der Waals surface area contributed by atoms with Gasteiger partial charge in [-0.25, -0.2) is 19.9 Å². The van der Waals surface area contributed by atoms with Crippen LogP contribution >= 0.6 is 0 Å². The van der Waals surface area contributed by atoms with Gasteiger partial charge in [-0.05, 0) is 44.0 Å². The first kappa shape index (κ1) is 19.2. The minimum Gasteiger partial charge on any atom is -0.383 e. The van der Waals surface area contributed by atoms with E-state index in [1.807, 2.05) is 66.9 Å². The van der Waals surface area contributed by atoms with Crippen molar-refractivity contribution in [2.24, 2.45) is 7.05 Å². The Kier molecular flexibility index (Phi) is 4.43. The van der Waals surface area contributed by atoms with Crippen LogP contribution in [0.2, 0.25) is 0 Å². The number of carbonyl (C=O) groups excluding carboxylic acids is 1. The lowest BCUT2D eigenvalue weighted by molar-refractivity contribution is -0.118. The molecule has 2 N–H and O–H groups in total. The van der Waals surface area contributed by atoms with Gasteiger partial charge in [0.2, 0.25) is 5.91 Å². The minimum absolute atomic E-state index is 0.0769. The van der Waals surface area contributed by atoms with Crippen LogP contribution in [0.4, 0.5) is 11.5 Å². The van der Waals surface area contributed by atoms with E-state index in [0.717, 1.165) is 45.7 Å². The van der Waals surface area contributed by atoms with Crippen molar-refractivity contribution < 1.29 is 4.79 Å². The third-order valence-corrected chi connectivity index (χ3v) is 5.82. The average molecular weight is 413 g/mol. The van der Waals surface area contributed by atoms with E-state index in [1.165, 1.54) is 6.33 Å². The topological polar surface area (TPSA) is 103 Å². The van der Waals surface area contributed by atoms with Gasteiger partial charge in [-0.2, -0.15) is 0 Å². The maximum absolute atomic E-state index is 13.1. The van der Waals surface area contributed by atoms with Gasteiger partial charge in [0.15, 0.2) is 0 Å². The van der Waals surface area contributed by atoms with Crippen LogP contribution in [0.3, 0.4) is 0 Å². The van der Waals surface area contributed by atoms with Crippen molar-refractivity contribution in [1.29, 1.82) is 0 Å². The van der Waals surface area contributed by atoms with Gasteiger partial charge < -0.3 is 15.2 Å². The molecule has 0 aliphatic carbocycles. The van der Waals surface area contributed by atoms with Crippen LogP contribution in [0, 0.1) is 13.8 Å². The van der Waals surface area contributed by atoms with Gasteiger partial charge in [-0.15, -0.1) is 0 Å². The van der Waals surface area contributed by atoms with Crippen LogP contribution in [-0.2, 0) is 11.8 Å². The SMILES string of the molecule is Cc1cc(C2CCN(c3ccc(-c4cn(C)c5ncnc(N)c45)cc3)C2=O)nc(C)n1. The number of carbonyl (C=O) groups is 1. The fraction of sp³-hybridized carbons (Fsp3) is 0.261. The van der Waals surface area contributed by atoms with Crippen LogP contribution < -0.4 is 10.6 Å². The molecular weight excluding hydrogens is 390 g/mol. The summed E-state index contributed by atoms with van der Waals surface area (Å²) in [5.41, 5.74) is 11.5.